The van der Waals surface area contributed by atoms with E-state index in [2.05, 4.69) is 37.6 Å². The lowest BCUT2D eigenvalue weighted by Gasteiger charge is -2.35. The Balaban J connectivity index is 1.35. The van der Waals surface area contributed by atoms with E-state index in [1.807, 2.05) is 19.2 Å². The number of guanidine groups is 1. The Morgan fingerprint density at radius 3 is 2.67 bits per heavy atom. The smallest absolute Gasteiger partial charge is 0.191 e. The molecule has 2 atom stereocenters. The van der Waals surface area contributed by atoms with Crippen molar-refractivity contribution in [2.45, 2.75) is 50.2 Å². The third-order valence-electron chi connectivity index (χ3n) is 6.84. The number of benzene rings is 1. The van der Waals surface area contributed by atoms with E-state index in [0.29, 0.717) is 6.04 Å². The molecule has 6 nitrogen and oxygen atoms in total. The maximum atomic E-state index is 6.57. The van der Waals surface area contributed by atoms with Crippen LogP contribution >= 0.6 is 11.6 Å². The number of ether oxygens (including phenoxy) is 1. The molecule has 0 amide bonds. The number of likely N-dealkylation sites (tertiary alicyclic amines) is 1. The molecule has 2 heterocycles. The van der Waals surface area contributed by atoms with Gasteiger partial charge < -0.3 is 15.4 Å². The second kappa shape index (κ2) is 10.8. The largest absolute Gasteiger partial charge is 0.379 e. The maximum absolute atomic E-state index is 6.57. The summed E-state index contributed by atoms with van der Waals surface area (Å²) < 4.78 is 5.57. The van der Waals surface area contributed by atoms with Gasteiger partial charge in [0.1, 0.15) is 0 Å². The fourth-order valence-electron chi connectivity index (χ4n) is 5.16. The van der Waals surface area contributed by atoms with Crippen LogP contribution < -0.4 is 10.6 Å². The summed E-state index contributed by atoms with van der Waals surface area (Å²) in [7, 11) is 1.86. The van der Waals surface area contributed by atoms with Gasteiger partial charge in [-0.3, -0.25) is 14.8 Å². The molecule has 30 heavy (non-hydrogen) atoms. The fourth-order valence-corrected chi connectivity index (χ4v) is 5.42. The van der Waals surface area contributed by atoms with Crippen molar-refractivity contribution in [3.05, 3.63) is 34.9 Å². The molecule has 2 aliphatic heterocycles. The number of halogens is 1. The van der Waals surface area contributed by atoms with Gasteiger partial charge in [-0.25, -0.2) is 0 Å². The molecule has 1 saturated carbocycles. The first-order chi connectivity index (χ1) is 14.7. The molecule has 7 heteroatoms. The van der Waals surface area contributed by atoms with Crippen molar-refractivity contribution in [1.82, 2.24) is 20.4 Å². The molecule has 166 valence electrons. The zero-order chi connectivity index (χ0) is 20.8. The number of nitrogens with one attached hydrogen (secondary N) is 2. The Bertz CT molecular complexity index is 703. The molecule has 1 aromatic carbocycles. The molecule has 1 aliphatic carbocycles. The topological polar surface area (TPSA) is 52.1 Å². The van der Waals surface area contributed by atoms with Crippen LogP contribution in [-0.4, -0.2) is 80.8 Å². The van der Waals surface area contributed by atoms with E-state index in [0.717, 1.165) is 62.0 Å². The lowest BCUT2D eigenvalue weighted by molar-refractivity contribution is 0.0170. The van der Waals surface area contributed by atoms with Gasteiger partial charge in [-0.05, 0) is 30.9 Å². The quantitative estimate of drug-likeness (QED) is 0.533. The SMILES string of the molecule is CN=C(NCC(c1ccccc1Cl)N1CCOCC1)NC1CCN(C2CCCC2)C1. The number of nitrogens with zero attached hydrogens (tertiary/aromatic N) is 3. The Morgan fingerprint density at radius 1 is 1.17 bits per heavy atom. The minimum atomic E-state index is 0.194. The highest BCUT2D eigenvalue weighted by molar-refractivity contribution is 6.31. The lowest BCUT2D eigenvalue weighted by atomic mass is 10.0. The van der Waals surface area contributed by atoms with Crippen LogP contribution in [0.25, 0.3) is 0 Å². The monoisotopic (exact) mass is 433 g/mol. The van der Waals surface area contributed by atoms with Crippen molar-refractivity contribution in [2.24, 2.45) is 4.99 Å². The normalized spacial score (nSPS) is 25.5. The second-order valence-corrected chi connectivity index (χ2v) is 9.11. The van der Waals surface area contributed by atoms with Crippen molar-refractivity contribution < 1.29 is 4.74 Å². The first-order valence-corrected chi connectivity index (χ1v) is 11.9. The van der Waals surface area contributed by atoms with E-state index < -0.39 is 0 Å². The van der Waals surface area contributed by atoms with Crippen molar-refractivity contribution >= 4 is 17.6 Å². The third kappa shape index (κ3) is 5.47. The van der Waals surface area contributed by atoms with Gasteiger partial charge >= 0.3 is 0 Å². The second-order valence-electron chi connectivity index (χ2n) is 8.70. The highest BCUT2D eigenvalue weighted by atomic mass is 35.5. The summed E-state index contributed by atoms with van der Waals surface area (Å²) >= 11 is 6.57. The molecular weight excluding hydrogens is 398 g/mol. The summed E-state index contributed by atoms with van der Waals surface area (Å²) in [6, 6.07) is 9.64. The first-order valence-electron chi connectivity index (χ1n) is 11.5. The molecule has 2 saturated heterocycles. The number of hydrogen-bond donors (Lipinski definition) is 2. The van der Waals surface area contributed by atoms with E-state index in [9.17, 15) is 0 Å². The van der Waals surface area contributed by atoms with Crippen molar-refractivity contribution in [1.29, 1.82) is 0 Å². The highest BCUT2D eigenvalue weighted by Gasteiger charge is 2.30. The highest BCUT2D eigenvalue weighted by Crippen LogP contribution is 2.28. The molecule has 3 fully saturated rings. The summed E-state index contributed by atoms with van der Waals surface area (Å²) in [6.07, 6.45) is 6.73. The summed E-state index contributed by atoms with van der Waals surface area (Å²) in [5.74, 6) is 0.888. The summed E-state index contributed by atoms with van der Waals surface area (Å²) in [4.78, 5) is 9.65. The Morgan fingerprint density at radius 2 is 1.93 bits per heavy atom. The minimum Gasteiger partial charge on any atom is -0.379 e. The van der Waals surface area contributed by atoms with Crippen molar-refractivity contribution in [3.63, 3.8) is 0 Å². The average Bonchev–Trinajstić information content (AvgIpc) is 3.47. The summed E-state index contributed by atoms with van der Waals surface area (Å²) in [5, 5.41) is 8.07. The van der Waals surface area contributed by atoms with Crippen LogP contribution in [0.1, 0.15) is 43.7 Å². The molecule has 0 aromatic heterocycles. The molecule has 1 aromatic rings. The van der Waals surface area contributed by atoms with E-state index in [1.54, 1.807) is 0 Å². The predicted octanol–water partition coefficient (Wildman–Crippen LogP) is 2.90. The van der Waals surface area contributed by atoms with E-state index in [1.165, 1.54) is 38.6 Å². The zero-order valence-corrected chi connectivity index (χ0v) is 18.9. The van der Waals surface area contributed by atoms with Crippen LogP contribution in [-0.2, 0) is 4.74 Å². The molecule has 0 radical (unpaired) electrons. The van der Waals surface area contributed by atoms with E-state index >= 15 is 0 Å². The zero-order valence-electron chi connectivity index (χ0n) is 18.2. The molecule has 3 aliphatic rings. The number of hydrogen-bond acceptors (Lipinski definition) is 4. The van der Waals surface area contributed by atoms with Crippen molar-refractivity contribution in [3.8, 4) is 0 Å². The van der Waals surface area contributed by atoms with E-state index in [-0.39, 0.29) is 6.04 Å². The van der Waals surface area contributed by atoms with Gasteiger partial charge in [0.2, 0.25) is 0 Å². The summed E-state index contributed by atoms with van der Waals surface area (Å²) in [5.41, 5.74) is 1.16. The van der Waals surface area contributed by atoms with Crippen LogP contribution in [0.2, 0.25) is 5.02 Å². The number of aliphatic imine (C=N–C) groups is 1. The van der Waals surface area contributed by atoms with Crippen molar-refractivity contribution in [2.75, 3.05) is 53.0 Å². The molecule has 2 unspecified atom stereocenters. The van der Waals surface area contributed by atoms with Crippen LogP contribution in [0.5, 0.6) is 0 Å². The summed E-state index contributed by atoms with van der Waals surface area (Å²) in [6.45, 7) is 6.48. The van der Waals surface area contributed by atoms with Gasteiger partial charge in [-0.1, -0.05) is 42.6 Å². The molecular formula is C23H36ClN5O. The van der Waals surface area contributed by atoms with Gasteiger partial charge in [0.05, 0.1) is 19.3 Å². The minimum absolute atomic E-state index is 0.194. The Labute approximate surface area is 186 Å². The van der Waals surface area contributed by atoms with Crippen LogP contribution in [0.4, 0.5) is 0 Å². The fraction of sp³-hybridized carbons (Fsp3) is 0.696. The van der Waals surface area contributed by atoms with Gasteiger partial charge in [-0.15, -0.1) is 0 Å². The van der Waals surface area contributed by atoms with Gasteiger partial charge in [0.15, 0.2) is 5.96 Å². The number of rotatable bonds is 6. The Hall–Kier alpha value is -1.34. The van der Waals surface area contributed by atoms with E-state index in [4.69, 9.17) is 16.3 Å². The van der Waals surface area contributed by atoms with Crippen LogP contribution in [0.3, 0.4) is 0 Å². The van der Waals surface area contributed by atoms with Crippen LogP contribution in [0.15, 0.2) is 29.3 Å². The first kappa shape index (κ1) is 21.9. The molecule has 2 N–H and O–H groups in total. The average molecular weight is 434 g/mol. The van der Waals surface area contributed by atoms with Gasteiger partial charge in [0, 0.05) is 56.9 Å². The maximum Gasteiger partial charge on any atom is 0.191 e. The lowest BCUT2D eigenvalue weighted by Crippen LogP contribution is -2.49. The molecule has 4 rings (SSSR count). The number of morpholine rings is 1. The van der Waals surface area contributed by atoms with Crippen LogP contribution in [0, 0.1) is 0 Å². The Kier molecular flexibility index (Phi) is 7.88. The molecule has 0 spiro atoms. The predicted molar refractivity (Wildman–Crippen MR) is 123 cm³/mol. The standard InChI is InChI=1S/C23H36ClN5O/c1-25-23(27-18-10-11-29(17-18)19-6-2-3-7-19)26-16-22(28-12-14-30-15-13-28)20-8-4-5-9-21(20)24/h4-5,8-9,18-19,22H,2-3,6-7,10-17H2,1H3,(H2,25,26,27). The van der Waals surface area contributed by atoms with Gasteiger partial charge in [0.25, 0.3) is 0 Å². The third-order valence-corrected chi connectivity index (χ3v) is 7.18. The van der Waals surface area contributed by atoms with Gasteiger partial charge in [-0.2, -0.15) is 0 Å². The molecule has 0 bridgehead atoms.